The van der Waals surface area contributed by atoms with Crippen LogP contribution in [-0.4, -0.2) is 30.9 Å². The SMILES string of the molecule is CC(C)(C)OC(=O)NCc1cccc(C#CCCNC(=O)OCC2c3ccccc3-c3ccccc32)c1. The Morgan fingerprint density at radius 1 is 0.865 bits per heavy atom. The molecule has 0 spiro atoms. The van der Waals surface area contributed by atoms with E-state index in [0.717, 1.165) is 11.1 Å². The topological polar surface area (TPSA) is 76.7 Å². The number of benzene rings is 3. The number of fused-ring (bicyclic) bond motifs is 3. The molecule has 0 heterocycles. The minimum atomic E-state index is -0.536. The molecule has 6 nitrogen and oxygen atoms in total. The van der Waals surface area contributed by atoms with Gasteiger partial charge in [-0.1, -0.05) is 72.5 Å². The maximum Gasteiger partial charge on any atom is 0.407 e. The van der Waals surface area contributed by atoms with Gasteiger partial charge in [-0.05, 0) is 60.7 Å². The van der Waals surface area contributed by atoms with Crippen LogP contribution in [0.4, 0.5) is 9.59 Å². The van der Waals surface area contributed by atoms with Gasteiger partial charge in [0.2, 0.25) is 0 Å². The second-order valence-electron chi connectivity index (χ2n) is 9.86. The summed E-state index contributed by atoms with van der Waals surface area (Å²) < 4.78 is 10.8. The molecule has 0 radical (unpaired) electrons. The second kappa shape index (κ2) is 11.7. The van der Waals surface area contributed by atoms with Crippen LogP contribution in [0.3, 0.4) is 0 Å². The summed E-state index contributed by atoms with van der Waals surface area (Å²) in [6.07, 6.45) is -0.410. The fourth-order valence-electron chi connectivity index (χ4n) is 4.29. The first-order valence-electron chi connectivity index (χ1n) is 12.4. The van der Waals surface area contributed by atoms with E-state index in [1.807, 2.05) is 69.3 Å². The Bertz CT molecular complexity index is 1290. The normalized spacial score (nSPS) is 12.0. The standard InChI is InChI=1S/C31H32N2O4/c1-31(2,3)37-30(35)33-20-23-13-10-12-22(19-23)11-8-9-18-32-29(34)36-21-28-26-16-6-4-14-24(26)25-15-5-7-17-27(25)28/h4-7,10,12-17,19,28H,9,18,20-21H2,1-3H3,(H,32,34)(H,33,35). The first-order valence-corrected chi connectivity index (χ1v) is 12.4. The quantitative estimate of drug-likeness (QED) is 0.325. The molecule has 0 saturated carbocycles. The summed E-state index contributed by atoms with van der Waals surface area (Å²) in [4.78, 5) is 24.1. The predicted molar refractivity (Wildman–Crippen MR) is 144 cm³/mol. The van der Waals surface area contributed by atoms with Crippen LogP contribution in [0.2, 0.25) is 0 Å². The van der Waals surface area contributed by atoms with E-state index in [2.05, 4.69) is 46.7 Å². The first-order chi connectivity index (χ1) is 17.8. The van der Waals surface area contributed by atoms with Gasteiger partial charge in [-0.15, -0.1) is 0 Å². The molecular weight excluding hydrogens is 464 g/mol. The highest BCUT2D eigenvalue weighted by Gasteiger charge is 2.28. The minimum Gasteiger partial charge on any atom is -0.449 e. The van der Waals surface area contributed by atoms with Gasteiger partial charge < -0.3 is 20.1 Å². The Hall–Kier alpha value is -4.24. The lowest BCUT2D eigenvalue weighted by Crippen LogP contribution is -2.32. The number of hydrogen-bond donors (Lipinski definition) is 2. The third kappa shape index (κ3) is 7.14. The van der Waals surface area contributed by atoms with Crippen molar-refractivity contribution in [3.63, 3.8) is 0 Å². The summed E-state index contributed by atoms with van der Waals surface area (Å²) in [6, 6.07) is 24.2. The van der Waals surface area contributed by atoms with Crippen LogP contribution in [0.25, 0.3) is 11.1 Å². The van der Waals surface area contributed by atoms with E-state index in [1.165, 1.54) is 22.3 Å². The van der Waals surface area contributed by atoms with Crippen LogP contribution >= 0.6 is 0 Å². The average Bonchev–Trinajstić information content (AvgIpc) is 3.19. The molecule has 6 heteroatoms. The third-order valence-electron chi connectivity index (χ3n) is 5.86. The van der Waals surface area contributed by atoms with E-state index in [0.29, 0.717) is 19.5 Å². The molecule has 1 aliphatic rings. The molecule has 3 aromatic rings. The Morgan fingerprint density at radius 3 is 2.22 bits per heavy atom. The van der Waals surface area contributed by atoms with E-state index in [4.69, 9.17) is 9.47 Å². The van der Waals surface area contributed by atoms with E-state index in [1.54, 1.807) is 0 Å². The molecule has 0 fully saturated rings. The Balaban J connectivity index is 1.21. The van der Waals surface area contributed by atoms with Crippen LogP contribution in [0.1, 0.15) is 55.4 Å². The van der Waals surface area contributed by atoms with Gasteiger partial charge in [-0.3, -0.25) is 0 Å². The predicted octanol–water partition coefficient (Wildman–Crippen LogP) is 5.99. The van der Waals surface area contributed by atoms with Crippen molar-refractivity contribution in [3.8, 4) is 23.0 Å². The lowest BCUT2D eigenvalue weighted by molar-refractivity contribution is 0.0523. The third-order valence-corrected chi connectivity index (χ3v) is 5.86. The Labute approximate surface area is 218 Å². The number of rotatable bonds is 6. The van der Waals surface area contributed by atoms with Crippen molar-refractivity contribution >= 4 is 12.2 Å². The van der Waals surface area contributed by atoms with Crippen molar-refractivity contribution < 1.29 is 19.1 Å². The number of hydrogen-bond acceptors (Lipinski definition) is 4. The van der Waals surface area contributed by atoms with E-state index in [9.17, 15) is 9.59 Å². The number of carbonyl (C=O) groups is 2. The molecule has 4 rings (SSSR count). The summed E-state index contributed by atoms with van der Waals surface area (Å²) in [5.41, 5.74) is 6.00. The molecule has 190 valence electrons. The van der Waals surface area contributed by atoms with Crippen LogP contribution in [0.15, 0.2) is 72.8 Å². The molecule has 0 bridgehead atoms. The molecule has 3 aromatic carbocycles. The fourth-order valence-corrected chi connectivity index (χ4v) is 4.29. The Morgan fingerprint density at radius 2 is 1.54 bits per heavy atom. The minimum absolute atomic E-state index is 0.0371. The number of amides is 2. The highest BCUT2D eigenvalue weighted by atomic mass is 16.6. The number of nitrogens with one attached hydrogen (secondary N) is 2. The van der Waals surface area contributed by atoms with Gasteiger partial charge in [0.15, 0.2) is 0 Å². The lowest BCUT2D eigenvalue weighted by Gasteiger charge is -2.19. The van der Waals surface area contributed by atoms with Gasteiger partial charge in [-0.2, -0.15) is 0 Å². The number of ether oxygens (including phenoxy) is 2. The van der Waals surface area contributed by atoms with Gasteiger partial charge >= 0.3 is 12.2 Å². The van der Waals surface area contributed by atoms with Crippen molar-refractivity contribution in [1.29, 1.82) is 0 Å². The van der Waals surface area contributed by atoms with Crippen LogP contribution in [0, 0.1) is 11.8 Å². The number of alkyl carbamates (subject to hydrolysis) is 2. The Kier molecular flexibility index (Phi) is 8.15. The maximum absolute atomic E-state index is 12.3. The molecular formula is C31H32N2O4. The van der Waals surface area contributed by atoms with Crippen LogP contribution in [0.5, 0.6) is 0 Å². The van der Waals surface area contributed by atoms with Crippen molar-refractivity contribution in [3.05, 3.63) is 95.1 Å². The van der Waals surface area contributed by atoms with Crippen molar-refractivity contribution in [2.75, 3.05) is 13.2 Å². The van der Waals surface area contributed by atoms with Gasteiger partial charge in [0, 0.05) is 31.0 Å². The highest BCUT2D eigenvalue weighted by molar-refractivity contribution is 5.79. The zero-order valence-electron chi connectivity index (χ0n) is 21.5. The summed E-state index contributed by atoms with van der Waals surface area (Å²) in [6.45, 7) is 6.51. The van der Waals surface area contributed by atoms with E-state index < -0.39 is 17.8 Å². The first kappa shape index (κ1) is 25.8. The van der Waals surface area contributed by atoms with Crippen molar-refractivity contribution in [1.82, 2.24) is 10.6 Å². The average molecular weight is 497 g/mol. The molecule has 0 atom stereocenters. The van der Waals surface area contributed by atoms with Gasteiger partial charge in [0.1, 0.15) is 12.2 Å². The summed E-state index contributed by atoms with van der Waals surface area (Å²) in [5, 5.41) is 5.52. The zero-order valence-corrected chi connectivity index (χ0v) is 21.5. The van der Waals surface area contributed by atoms with Gasteiger partial charge in [0.05, 0.1) is 0 Å². The maximum atomic E-state index is 12.3. The van der Waals surface area contributed by atoms with E-state index >= 15 is 0 Å². The van der Waals surface area contributed by atoms with E-state index in [-0.39, 0.29) is 12.5 Å². The largest absolute Gasteiger partial charge is 0.449 e. The van der Waals surface area contributed by atoms with Crippen molar-refractivity contribution in [2.45, 2.75) is 45.3 Å². The van der Waals surface area contributed by atoms with Crippen molar-refractivity contribution in [2.24, 2.45) is 0 Å². The molecule has 2 amide bonds. The number of carbonyl (C=O) groups excluding carboxylic acids is 2. The zero-order chi connectivity index (χ0) is 26.3. The lowest BCUT2D eigenvalue weighted by atomic mass is 9.98. The molecule has 0 unspecified atom stereocenters. The molecule has 37 heavy (non-hydrogen) atoms. The highest BCUT2D eigenvalue weighted by Crippen LogP contribution is 2.44. The summed E-state index contributed by atoms with van der Waals surface area (Å²) in [5.74, 6) is 6.21. The smallest absolute Gasteiger partial charge is 0.407 e. The second-order valence-corrected chi connectivity index (χ2v) is 9.86. The molecule has 0 aromatic heterocycles. The monoisotopic (exact) mass is 496 g/mol. The molecule has 0 saturated heterocycles. The molecule has 1 aliphatic carbocycles. The fraction of sp³-hybridized carbons (Fsp3) is 0.290. The van der Waals surface area contributed by atoms with Gasteiger partial charge in [0.25, 0.3) is 0 Å². The summed E-state index contributed by atoms with van der Waals surface area (Å²) in [7, 11) is 0. The van der Waals surface area contributed by atoms with Crippen LogP contribution < -0.4 is 10.6 Å². The molecule has 2 N–H and O–H groups in total. The van der Waals surface area contributed by atoms with Crippen LogP contribution in [-0.2, 0) is 16.0 Å². The summed E-state index contributed by atoms with van der Waals surface area (Å²) >= 11 is 0. The molecule has 0 aliphatic heterocycles. The van der Waals surface area contributed by atoms with Gasteiger partial charge in [-0.25, -0.2) is 9.59 Å².